The van der Waals surface area contributed by atoms with E-state index in [-0.39, 0.29) is 0 Å². The fourth-order valence-corrected chi connectivity index (χ4v) is 2.80. The minimum Gasteiger partial charge on any atom is -0.461 e. The van der Waals surface area contributed by atoms with Crippen molar-refractivity contribution in [3.63, 3.8) is 0 Å². The van der Waals surface area contributed by atoms with E-state index < -0.39 is 0 Å². The first kappa shape index (κ1) is 13.4. The minimum atomic E-state index is 0.394. The monoisotopic (exact) mass is 275 g/mol. The van der Waals surface area contributed by atoms with E-state index in [9.17, 15) is 0 Å². The summed E-state index contributed by atoms with van der Waals surface area (Å²) < 4.78 is 10.7. The van der Waals surface area contributed by atoms with E-state index in [1.165, 1.54) is 19.3 Å². The predicted molar refractivity (Wildman–Crippen MR) is 75.3 cm³/mol. The predicted octanol–water partition coefficient (Wildman–Crippen LogP) is 3.36. The Hall–Kier alpha value is -1.62. The molecule has 0 aliphatic heterocycles. The molecule has 0 saturated heterocycles. The minimum absolute atomic E-state index is 0.394. The summed E-state index contributed by atoms with van der Waals surface area (Å²) in [7, 11) is 0. The van der Waals surface area contributed by atoms with Gasteiger partial charge in [-0.3, -0.25) is 0 Å². The summed E-state index contributed by atoms with van der Waals surface area (Å²) in [5.41, 5.74) is 0. The van der Waals surface area contributed by atoms with Gasteiger partial charge in [-0.05, 0) is 50.8 Å². The second-order valence-corrected chi connectivity index (χ2v) is 5.44. The lowest BCUT2D eigenvalue weighted by Gasteiger charge is -2.27. The second kappa shape index (κ2) is 6.22. The number of aromatic nitrogens is 2. The van der Waals surface area contributed by atoms with Gasteiger partial charge in [-0.2, -0.15) is 4.98 Å². The van der Waals surface area contributed by atoms with Crippen LogP contribution in [0.4, 0.5) is 0 Å². The number of furan rings is 1. The van der Waals surface area contributed by atoms with Gasteiger partial charge in [0.25, 0.3) is 0 Å². The molecular weight excluding hydrogens is 254 g/mol. The Morgan fingerprint density at radius 2 is 2.15 bits per heavy atom. The number of hydrogen-bond acceptors (Lipinski definition) is 5. The van der Waals surface area contributed by atoms with Crippen molar-refractivity contribution in [1.82, 2.24) is 15.5 Å². The zero-order valence-corrected chi connectivity index (χ0v) is 11.8. The lowest BCUT2D eigenvalue weighted by molar-refractivity contribution is 0.283. The molecular formula is C15H21N3O2. The normalized spacial score (nSPS) is 23.1. The molecule has 1 N–H and O–H groups in total. The molecule has 2 aromatic heterocycles. The summed E-state index contributed by atoms with van der Waals surface area (Å²) in [4.78, 5) is 4.47. The maximum absolute atomic E-state index is 5.40. The quantitative estimate of drug-likeness (QED) is 0.906. The summed E-state index contributed by atoms with van der Waals surface area (Å²) in [6, 6.07) is 4.33. The molecule has 0 amide bonds. The third-order valence-electron chi connectivity index (χ3n) is 3.94. The van der Waals surface area contributed by atoms with E-state index in [2.05, 4.69) is 22.4 Å². The third kappa shape index (κ3) is 2.93. The van der Waals surface area contributed by atoms with Crippen LogP contribution in [0.25, 0.3) is 11.6 Å². The SMILES string of the molecule is CCCNC1CCC(c2nc(-c3ccco3)no2)CC1. The van der Waals surface area contributed by atoms with Gasteiger partial charge in [0.1, 0.15) is 0 Å². The van der Waals surface area contributed by atoms with Gasteiger partial charge in [0.05, 0.1) is 6.26 Å². The summed E-state index contributed by atoms with van der Waals surface area (Å²) in [6.45, 7) is 3.31. The second-order valence-electron chi connectivity index (χ2n) is 5.44. The zero-order valence-electron chi connectivity index (χ0n) is 11.8. The summed E-state index contributed by atoms with van der Waals surface area (Å²) in [6.07, 6.45) is 7.40. The fourth-order valence-electron chi connectivity index (χ4n) is 2.80. The molecule has 1 saturated carbocycles. The van der Waals surface area contributed by atoms with Crippen LogP contribution in [-0.2, 0) is 0 Å². The highest BCUT2D eigenvalue weighted by molar-refractivity contribution is 5.44. The molecule has 3 rings (SSSR count). The Kier molecular flexibility index (Phi) is 4.16. The molecule has 108 valence electrons. The standard InChI is InChI=1S/C15H21N3O2/c1-2-9-16-12-7-5-11(6-8-12)15-17-14(18-20-15)13-4-3-10-19-13/h3-4,10-12,16H,2,5-9H2,1H3. The van der Waals surface area contributed by atoms with Crippen molar-refractivity contribution in [2.75, 3.05) is 6.54 Å². The molecule has 1 aliphatic carbocycles. The van der Waals surface area contributed by atoms with Crippen molar-refractivity contribution < 1.29 is 8.94 Å². The van der Waals surface area contributed by atoms with E-state index in [0.29, 0.717) is 23.5 Å². The molecule has 20 heavy (non-hydrogen) atoms. The van der Waals surface area contributed by atoms with Crippen LogP contribution in [0.5, 0.6) is 0 Å². The molecule has 0 radical (unpaired) electrons. The lowest BCUT2D eigenvalue weighted by Crippen LogP contribution is -2.33. The Labute approximate surface area is 118 Å². The number of rotatable bonds is 5. The first-order valence-electron chi connectivity index (χ1n) is 7.47. The van der Waals surface area contributed by atoms with Crippen LogP contribution in [0.3, 0.4) is 0 Å². The summed E-state index contributed by atoms with van der Waals surface area (Å²) >= 11 is 0. The highest BCUT2D eigenvalue weighted by Gasteiger charge is 2.26. The molecule has 1 aliphatic rings. The van der Waals surface area contributed by atoms with Crippen molar-refractivity contribution in [2.24, 2.45) is 0 Å². The largest absolute Gasteiger partial charge is 0.461 e. The van der Waals surface area contributed by atoms with Crippen molar-refractivity contribution in [3.8, 4) is 11.6 Å². The van der Waals surface area contributed by atoms with Crippen LogP contribution in [0.15, 0.2) is 27.3 Å². The van der Waals surface area contributed by atoms with Crippen LogP contribution in [0.2, 0.25) is 0 Å². The molecule has 0 bridgehead atoms. The van der Waals surface area contributed by atoms with Gasteiger partial charge < -0.3 is 14.3 Å². The van der Waals surface area contributed by atoms with Gasteiger partial charge in [0.15, 0.2) is 5.76 Å². The summed E-state index contributed by atoms with van der Waals surface area (Å²) in [5, 5.41) is 7.60. The van der Waals surface area contributed by atoms with Gasteiger partial charge in [0, 0.05) is 12.0 Å². The third-order valence-corrected chi connectivity index (χ3v) is 3.94. The average Bonchev–Trinajstić information content (AvgIpc) is 3.16. The maximum atomic E-state index is 5.40. The molecule has 5 nitrogen and oxygen atoms in total. The van der Waals surface area contributed by atoms with Crippen molar-refractivity contribution in [2.45, 2.75) is 51.0 Å². The molecule has 0 aromatic carbocycles. The van der Waals surface area contributed by atoms with Crippen LogP contribution in [-0.4, -0.2) is 22.7 Å². The topological polar surface area (TPSA) is 64.1 Å². The average molecular weight is 275 g/mol. The smallest absolute Gasteiger partial charge is 0.238 e. The Morgan fingerprint density at radius 1 is 1.30 bits per heavy atom. The van der Waals surface area contributed by atoms with E-state index in [1.807, 2.05) is 12.1 Å². The Bertz CT molecular complexity index is 513. The first-order chi connectivity index (χ1) is 9.86. The molecule has 1 fully saturated rings. The zero-order chi connectivity index (χ0) is 13.8. The van der Waals surface area contributed by atoms with Gasteiger partial charge in [-0.15, -0.1) is 0 Å². The van der Waals surface area contributed by atoms with Crippen molar-refractivity contribution in [1.29, 1.82) is 0 Å². The first-order valence-corrected chi connectivity index (χ1v) is 7.47. The molecule has 2 aromatic rings. The van der Waals surface area contributed by atoms with Gasteiger partial charge >= 0.3 is 0 Å². The molecule has 5 heteroatoms. The van der Waals surface area contributed by atoms with Crippen molar-refractivity contribution >= 4 is 0 Å². The highest BCUT2D eigenvalue weighted by Crippen LogP contribution is 2.32. The van der Waals surface area contributed by atoms with Gasteiger partial charge in [-0.25, -0.2) is 0 Å². The van der Waals surface area contributed by atoms with Gasteiger partial charge in [-0.1, -0.05) is 12.1 Å². The fraction of sp³-hybridized carbons (Fsp3) is 0.600. The van der Waals surface area contributed by atoms with Crippen LogP contribution < -0.4 is 5.32 Å². The maximum Gasteiger partial charge on any atom is 0.238 e. The number of hydrogen-bond donors (Lipinski definition) is 1. The molecule has 0 atom stereocenters. The Morgan fingerprint density at radius 3 is 2.85 bits per heavy atom. The van der Waals surface area contributed by atoms with Crippen LogP contribution >= 0.6 is 0 Å². The molecule has 0 unspecified atom stereocenters. The molecule has 0 spiro atoms. The highest BCUT2D eigenvalue weighted by atomic mass is 16.5. The van der Waals surface area contributed by atoms with Gasteiger partial charge in [0.2, 0.25) is 11.7 Å². The van der Waals surface area contributed by atoms with E-state index >= 15 is 0 Å². The number of nitrogens with one attached hydrogen (secondary N) is 1. The van der Waals surface area contributed by atoms with Crippen molar-refractivity contribution in [3.05, 3.63) is 24.3 Å². The van der Waals surface area contributed by atoms with E-state index in [0.717, 1.165) is 25.3 Å². The molecule has 2 heterocycles. The lowest BCUT2D eigenvalue weighted by atomic mass is 9.86. The Balaban J connectivity index is 1.58. The van der Waals surface area contributed by atoms with E-state index in [1.54, 1.807) is 6.26 Å². The van der Waals surface area contributed by atoms with Crippen LogP contribution in [0.1, 0.15) is 50.8 Å². The summed E-state index contributed by atoms with van der Waals surface area (Å²) in [5.74, 6) is 2.37. The van der Waals surface area contributed by atoms with Crippen LogP contribution in [0, 0.1) is 0 Å². The number of nitrogens with zero attached hydrogens (tertiary/aromatic N) is 2. The van der Waals surface area contributed by atoms with E-state index in [4.69, 9.17) is 8.94 Å².